The molecule has 3 rings (SSSR count). The number of carbonyl (C=O) groups is 1. The van der Waals surface area contributed by atoms with E-state index in [0.29, 0.717) is 0 Å². The van der Waals surface area contributed by atoms with Crippen molar-refractivity contribution in [3.05, 3.63) is 0 Å². The minimum atomic E-state index is -1.65. The molecule has 246 valence electrons. The predicted molar refractivity (Wildman–Crippen MR) is 142 cm³/mol. The maximum absolute atomic E-state index is 12.7. The molecule has 3 aliphatic rings. The first-order valence-electron chi connectivity index (χ1n) is 14.3. The minimum Gasteiger partial charge on any atom is -0.395 e. The van der Waals surface area contributed by atoms with E-state index < -0.39 is 104 Å². The van der Waals surface area contributed by atoms with Crippen molar-refractivity contribution in [3.63, 3.8) is 0 Å². The molecule has 17 nitrogen and oxygen atoms in total. The highest BCUT2D eigenvalue weighted by atomic mass is 16.7. The van der Waals surface area contributed by atoms with Crippen molar-refractivity contribution in [2.45, 2.75) is 112 Å². The zero-order valence-corrected chi connectivity index (χ0v) is 23.6. The molecule has 0 unspecified atom stereocenters. The molecule has 3 fully saturated rings. The average Bonchev–Trinajstić information content (AvgIpc) is 2.95. The number of ether oxygens (including phenoxy) is 4. The van der Waals surface area contributed by atoms with Crippen LogP contribution in [0.1, 0.15) is 26.2 Å². The Balaban J connectivity index is 1.81. The van der Waals surface area contributed by atoms with Gasteiger partial charge in [0.15, 0.2) is 12.6 Å². The summed E-state index contributed by atoms with van der Waals surface area (Å²) < 4.78 is 23.6. The Kier molecular flexibility index (Phi) is 13.7. The van der Waals surface area contributed by atoms with Gasteiger partial charge in [-0.3, -0.25) is 4.79 Å². The Morgan fingerprint density at radius 2 is 1.62 bits per heavy atom. The largest absolute Gasteiger partial charge is 0.395 e. The topological polar surface area (TPSA) is 292 Å². The Morgan fingerprint density at radius 1 is 0.952 bits per heavy atom. The maximum Gasteiger partial charge on any atom is 0.249 e. The van der Waals surface area contributed by atoms with Crippen molar-refractivity contribution in [1.29, 1.82) is 0 Å². The van der Waals surface area contributed by atoms with Crippen molar-refractivity contribution in [3.8, 4) is 0 Å². The van der Waals surface area contributed by atoms with Gasteiger partial charge in [0.2, 0.25) is 5.91 Å². The number of nitrogens with two attached hydrogens (primary N) is 2. The molecule has 15 atom stereocenters. The van der Waals surface area contributed by atoms with Crippen LogP contribution >= 0.6 is 0 Å². The third kappa shape index (κ3) is 8.52. The van der Waals surface area contributed by atoms with E-state index in [1.165, 1.54) is 0 Å². The lowest BCUT2D eigenvalue weighted by atomic mass is 9.78. The molecule has 0 spiro atoms. The van der Waals surface area contributed by atoms with Crippen LogP contribution in [0.4, 0.5) is 0 Å². The summed E-state index contributed by atoms with van der Waals surface area (Å²) in [4.78, 5) is 12.7. The standard InChI is InChI=1S/C25H48N4O13/c1-10-21(41-25-20(37)19(36)18(35)16(39-25)8-28-4-5-30)11(27)6-12(29-23(38)13(32)2-3-26)22(10)42-24-15(34)7-14(33)17(9-31)40-24/h10-22,24-25,28,30-37H,2-9,26-27H2,1H3,(H,29,38)/t10-,11-,12+,13-,14-,15+,16+,17+,18+,19-,20+,21-,22+,24+,25+/m0/s1. The summed E-state index contributed by atoms with van der Waals surface area (Å²) >= 11 is 0. The first-order chi connectivity index (χ1) is 19.9. The smallest absolute Gasteiger partial charge is 0.249 e. The van der Waals surface area contributed by atoms with Crippen LogP contribution in [-0.4, -0.2) is 165 Å². The van der Waals surface area contributed by atoms with Crippen LogP contribution < -0.4 is 22.1 Å². The lowest BCUT2D eigenvalue weighted by molar-refractivity contribution is -0.326. The number of aliphatic hydroxyl groups excluding tert-OH is 8. The molecule has 1 amide bonds. The lowest BCUT2D eigenvalue weighted by Gasteiger charge is -2.49. The van der Waals surface area contributed by atoms with Gasteiger partial charge in [-0.05, 0) is 19.4 Å². The van der Waals surface area contributed by atoms with Gasteiger partial charge >= 0.3 is 0 Å². The first kappa shape index (κ1) is 35.4. The summed E-state index contributed by atoms with van der Waals surface area (Å²) in [7, 11) is 0. The second kappa shape index (κ2) is 16.3. The van der Waals surface area contributed by atoms with Crippen LogP contribution in [0.3, 0.4) is 0 Å². The molecule has 0 aromatic heterocycles. The van der Waals surface area contributed by atoms with Gasteiger partial charge in [-0.15, -0.1) is 0 Å². The van der Waals surface area contributed by atoms with Crippen LogP contribution in [0.25, 0.3) is 0 Å². The molecule has 17 heteroatoms. The Morgan fingerprint density at radius 3 is 2.26 bits per heavy atom. The van der Waals surface area contributed by atoms with Gasteiger partial charge in [0, 0.05) is 31.5 Å². The molecular weight excluding hydrogens is 564 g/mol. The maximum atomic E-state index is 12.7. The van der Waals surface area contributed by atoms with Crippen LogP contribution in [-0.2, 0) is 23.7 Å². The molecule has 2 aliphatic heterocycles. The van der Waals surface area contributed by atoms with Crippen molar-refractivity contribution in [2.24, 2.45) is 17.4 Å². The van der Waals surface area contributed by atoms with Gasteiger partial charge in [-0.1, -0.05) is 6.92 Å². The van der Waals surface area contributed by atoms with E-state index in [1.54, 1.807) is 6.92 Å². The highest BCUT2D eigenvalue weighted by Gasteiger charge is 2.51. The van der Waals surface area contributed by atoms with Crippen LogP contribution in [0.5, 0.6) is 0 Å². The number of nitrogens with one attached hydrogen (secondary N) is 2. The van der Waals surface area contributed by atoms with Crippen LogP contribution in [0.15, 0.2) is 0 Å². The Bertz CT molecular complexity index is 833. The van der Waals surface area contributed by atoms with Gasteiger partial charge in [0.25, 0.3) is 0 Å². The van der Waals surface area contributed by atoms with Crippen molar-refractivity contribution in [1.82, 2.24) is 10.6 Å². The molecule has 0 aromatic carbocycles. The first-order valence-corrected chi connectivity index (χ1v) is 14.3. The fourth-order valence-electron chi connectivity index (χ4n) is 5.64. The normalized spacial score (nSPS) is 43.6. The van der Waals surface area contributed by atoms with Gasteiger partial charge in [-0.25, -0.2) is 0 Å². The molecule has 0 radical (unpaired) electrons. The summed E-state index contributed by atoms with van der Waals surface area (Å²) in [5.41, 5.74) is 11.9. The summed E-state index contributed by atoms with van der Waals surface area (Å²) in [5, 5.41) is 86.4. The number of amides is 1. The molecule has 14 N–H and O–H groups in total. The van der Waals surface area contributed by atoms with Crippen molar-refractivity contribution < 1.29 is 64.6 Å². The predicted octanol–water partition coefficient (Wildman–Crippen LogP) is -6.46. The number of rotatable bonds is 13. The fourth-order valence-corrected chi connectivity index (χ4v) is 5.64. The SMILES string of the molecule is C[C@@H]1[C@@H](O[C@H]2O[C@H](CO)[C@@H](O)C[C@H]2O)[C@H](NC(=O)[C@@H](O)CCN)C[C@H](N)[C@H]1O[C@H]1O[C@H](CNCCO)[C@@H](O)[C@H](O)[C@H]1O. The number of hydrogen-bond acceptors (Lipinski definition) is 16. The highest BCUT2D eigenvalue weighted by Crippen LogP contribution is 2.35. The van der Waals surface area contributed by atoms with Crippen molar-refractivity contribution >= 4 is 5.91 Å². The van der Waals surface area contributed by atoms with E-state index in [9.17, 15) is 40.5 Å². The van der Waals surface area contributed by atoms with E-state index in [-0.39, 0.29) is 45.5 Å². The molecule has 0 bridgehead atoms. The fraction of sp³-hybridized carbons (Fsp3) is 0.960. The Hall–Kier alpha value is -1.13. The Labute approximate surface area is 243 Å². The van der Waals surface area contributed by atoms with Crippen molar-refractivity contribution in [2.75, 3.05) is 32.8 Å². The van der Waals surface area contributed by atoms with Gasteiger partial charge in [0.05, 0.1) is 37.6 Å². The minimum absolute atomic E-state index is 0.0113. The zero-order chi connectivity index (χ0) is 31.1. The second-order valence-corrected chi connectivity index (χ2v) is 11.2. The molecule has 1 aliphatic carbocycles. The highest BCUT2D eigenvalue weighted by molar-refractivity contribution is 5.80. The molecule has 1 saturated carbocycles. The number of carbonyl (C=O) groups excluding carboxylic acids is 1. The summed E-state index contributed by atoms with van der Waals surface area (Å²) in [6, 6.07) is -1.60. The number of aliphatic hydroxyl groups is 8. The summed E-state index contributed by atoms with van der Waals surface area (Å²) in [6.07, 6.45) is -15.2. The third-order valence-corrected chi connectivity index (χ3v) is 8.05. The van der Waals surface area contributed by atoms with Crippen LogP contribution in [0.2, 0.25) is 0 Å². The van der Waals surface area contributed by atoms with E-state index in [0.717, 1.165) is 0 Å². The van der Waals surface area contributed by atoms with Gasteiger partial charge in [0.1, 0.15) is 42.7 Å². The zero-order valence-electron chi connectivity index (χ0n) is 23.6. The van der Waals surface area contributed by atoms with E-state index in [4.69, 9.17) is 35.5 Å². The average molecular weight is 613 g/mol. The van der Waals surface area contributed by atoms with E-state index in [1.807, 2.05) is 0 Å². The quantitative estimate of drug-likeness (QED) is 0.0861. The van der Waals surface area contributed by atoms with Gasteiger partial charge in [-0.2, -0.15) is 0 Å². The molecule has 42 heavy (non-hydrogen) atoms. The van der Waals surface area contributed by atoms with Crippen LogP contribution in [0, 0.1) is 5.92 Å². The van der Waals surface area contributed by atoms with E-state index in [2.05, 4.69) is 10.6 Å². The summed E-state index contributed by atoms with van der Waals surface area (Å²) in [5.74, 6) is -1.40. The van der Waals surface area contributed by atoms with E-state index >= 15 is 0 Å². The lowest BCUT2D eigenvalue weighted by Crippen LogP contribution is -2.66. The third-order valence-electron chi connectivity index (χ3n) is 8.05. The second-order valence-electron chi connectivity index (χ2n) is 11.2. The monoisotopic (exact) mass is 612 g/mol. The molecule has 2 saturated heterocycles. The molecule has 2 heterocycles. The van der Waals surface area contributed by atoms with Gasteiger partial charge < -0.3 is 81.9 Å². The summed E-state index contributed by atoms with van der Waals surface area (Å²) in [6.45, 7) is 1.29. The molecular formula is C25H48N4O13. The number of hydrogen-bond donors (Lipinski definition) is 12. The molecule has 0 aromatic rings.